The summed E-state index contributed by atoms with van der Waals surface area (Å²) in [7, 11) is 0. The van der Waals surface area contributed by atoms with Crippen LogP contribution in [0.5, 0.6) is 0 Å². The van der Waals surface area contributed by atoms with Crippen molar-refractivity contribution in [2.24, 2.45) is 0 Å². The Kier molecular flexibility index (Phi) is 4.05. The fourth-order valence-electron chi connectivity index (χ4n) is 1.72. The van der Waals surface area contributed by atoms with E-state index in [1.54, 1.807) is 0 Å². The maximum absolute atomic E-state index is 3.67. The molecule has 1 aliphatic heterocycles. The second kappa shape index (κ2) is 5.10. The van der Waals surface area contributed by atoms with Crippen molar-refractivity contribution in [2.75, 3.05) is 13.1 Å². The molecule has 0 spiro atoms. The molecule has 0 amide bonds. The molecule has 1 nitrogen and oxygen atoms in total. The van der Waals surface area contributed by atoms with Crippen molar-refractivity contribution in [1.82, 2.24) is 4.90 Å². The topological polar surface area (TPSA) is 3.24 Å². The van der Waals surface area contributed by atoms with Crippen LogP contribution in [0.3, 0.4) is 0 Å². The van der Waals surface area contributed by atoms with Crippen molar-refractivity contribution >= 4 is 43.2 Å². The van der Waals surface area contributed by atoms with Crippen LogP contribution in [0, 0.1) is 0 Å². The summed E-state index contributed by atoms with van der Waals surface area (Å²) in [6.07, 6.45) is 2.57. The Morgan fingerprint density at radius 2 is 2.14 bits per heavy atom. The number of hydrogen-bond acceptors (Lipinski definition) is 2. The van der Waals surface area contributed by atoms with Crippen molar-refractivity contribution in [2.45, 2.75) is 24.2 Å². The molecular weight excluding hydrogens is 326 g/mol. The van der Waals surface area contributed by atoms with Crippen LogP contribution < -0.4 is 0 Å². The SMILES string of the molecule is Brc1csc(CN2CCC(Br)CC2)c1. The second-order valence-corrected chi connectivity index (χ2v) is 6.89. The normalized spacial score (nSPS) is 20.1. The molecule has 4 heteroatoms. The summed E-state index contributed by atoms with van der Waals surface area (Å²) in [4.78, 5) is 4.74. The fraction of sp³-hybridized carbons (Fsp3) is 0.600. The van der Waals surface area contributed by atoms with Gasteiger partial charge in [-0.2, -0.15) is 0 Å². The highest BCUT2D eigenvalue weighted by Crippen LogP contribution is 2.24. The van der Waals surface area contributed by atoms with Crippen LogP contribution in [0.2, 0.25) is 0 Å². The Bertz CT molecular complexity index is 292. The third-order valence-corrected chi connectivity index (χ3v) is 5.12. The van der Waals surface area contributed by atoms with Gasteiger partial charge >= 0.3 is 0 Å². The Labute approximate surface area is 106 Å². The van der Waals surface area contributed by atoms with Gasteiger partial charge in [0.05, 0.1) is 0 Å². The first-order valence-corrected chi connectivity index (χ1v) is 7.42. The minimum Gasteiger partial charge on any atom is -0.298 e. The van der Waals surface area contributed by atoms with E-state index in [1.807, 2.05) is 11.3 Å². The average Bonchev–Trinajstić information content (AvgIpc) is 2.56. The van der Waals surface area contributed by atoms with E-state index in [0.717, 1.165) is 11.4 Å². The van der Waals surface area contributed by atoms with Gasteiger partial charge in [0.1, 0.15) is 0 Å². The largest absolute Gasteiger partial charge is 0.298 e. The highest BCUT2D eigenvalue weighted by molar-refractivity contribution is 9.10. The molecule has 1 fully saturated rings. The van der Waals surface area contributed by atoms with E-state index < -0.39 is 0 Å². The summed E-state index contributed by atoms with van der Waals surface area (Å²) in [6, 6.07) is 2.23. The van der Waals surface area contributed by atoms with E-state index in [2.05, 4.69) is 48.2 Å². The zero-order valence-electron chi connectivity index (χ0n) is 7.88. The minimum absolute atomic E-state index is 0.744. The monoisotopic (exact) mass is 337 g/mol. The van der Waals surface area contributed by atoms with Gasteiger partial charge in [0.25, 0.3) is 0 Å². The third-order valence-electron chi connectivity index (χ3n) is 2.52. The summed E-state index contributed by atoms with van der Waals surface area (Å²) in [6.45, 7) is 3.58. The maximum atomic E-state index is 3.67. The number of rotatable bonds is 2. The molecule has 14 heavy (non-hydrogen) atoms. The van der Waals surface area contributed by atoms with Crippen molar-refractivity contribution in [1.29, 1.82) is 0 Å². The summed E-state index contributed by atoms with van der Waals surface area (Å²) in [5.41, 5.74) is 0. The Balaban J connectivity index is 1.86. The summed E-state index contributed by atoms with van der Waals surface area (Å²) >= 11 is 9.01. The number of thiophene rings is 1. The van der Waals surface area contributed by atoms with Crippen LogP contribution in [-0.4, -0.2) is 22.8 Å². The van der Waals surface area contributed by atoms with Crippen LogP contribution in [-0.2, 0) is 6.54 Å². The van der Waals surface area contributed by atoms with E-state index >= 15 is 0 Å². The van der Waals surface area contributed by atoms with Gasteiger partial charge in [0.15, 0.2) is 0 Å². The average molecular weight is 339 g/mol. The number of alkyl halides is 1. The molecular formula is C10H13Br2NS. The molecule has 2 heterocycles. The van der Waals surface area contributed by atoms with Gasteiger partial charge in [-0.15, -0.1) is 11.3 Å². The molecule has 1 aliphatic rings. The molecule has 0 unspecified atom stereocenters. The Hall–Kier alpha value is 0.620. The lowest BCUT2D eigenvalue weighted by Gasteiger charge is -2.28. The van der Waals surface area contributed by atoms with Crippen molar-refractivity contribution in [3.05, 3.63) is 20.8 Å². The van der Waals surface area contributed by atoms with Crippen molar-refractivity contribution < 1.29 is 0 Å². The highest BCUT2D eigenvalue weighted by atomic mass is 79.9. The van der Waals surface area contributed by atoms with Gasteiger partial charge in [-0.1, -0.05) is 15.9 Å². The predicted molar refractivity (Wildman–Crippen MR) is 69.2 cm³/mol. The van der Waals surface area contributed by atoms with Crippen LogP contribution in [0.1, 0.15) is 17.7 Å². The van der Waals surface area contributed by atoms with Gasteiger partial charge < -0.3 is 0 Å². The third kappa shape index (κ3) is 3.05. The first-order chi connectivity index (χ1) is 6.74. The molecule has 0 aromatic carbocycles. The molecule has 2 rings (SSSR count). The molecule has 0 N–H and O–H groups in total. The molecule has 0 aliphatic carbocycles. The lowest BCUT2D eigenvalue weighted by atomic mass is 10.1. The van der Waals surface area contributed by atoms with Crippen molar-refractivity contribution in [3.63, 3.8) is 0 Å². The predicted octanol–water partition coefficient (Wildman–Crippen LogP) is 3.87. The standard InChI is InChI=1S/C10H13Br2NS/c11-8-1-3-13(4-2-8)6-10-5-9(12)7-14-10/h5,7-8H,1-4,6H2. The van der Waals surface area contributed by atoms with Gasteiger partial charge in [-0.25, -0.2) is 0 Å². The van der Waals surface area contributed by atoms with Gasteiger partial charge in [-0.3, -0.25) is 4.90 Å². The molecule has 1 aromatic rings. The van der Waals surface area contributed by atoms with Crippen LogP contribution in [0.4, 0.5) is 0 Å². The van der Waals surface area contributed by atoms with Crippen LogP contribution in [0.25, 0.3) is 0 Å². The van der Waals surface area contributed by atoms with E-state index in [0.29, 0.717) is 0 Å². The molecule has 1 saturated heterocycles. The molecule has 0 atom stereocenters. The van der Waals surface area contributed by atoms with Gasteiger partial charge in [0.2, 0.25) is 0 Å². The number of halogens is 2. The van der Waals surface area contributed by atoms with Crippen LogP contribution in [0.15, 0.2) is 15.9 Å². The highest BCUT2D eigenvalue weighted by Gasteiger charge is 2.16. The molecule has 0 saturated carbocycles. The fourth-order valence-corrected chi connectivity index (χ4v) is 3.62. The number of hydrogen-bond donors (Lipinski definition) is 0. The van der Waals surface area contributed by atoms with E-state index in [4.69, 9.17) is 0 Å². The molecule has 78 valence electrons. The second-order valence-electron chi connectivity index (χ2n) is 3.68. The quantitative estimate of drug-likeness (QED) is 0.740. The lowest BCUT2D eigenvalue weighted by molar-refractivity contribution is 0.228. The van der Waals surface area contributed by atoms with Gasteiger partial charge in [-0.05, 0) is 47.9 Å². The van der Waals surface area contributed by atoms with Crippen molar-refractivity contribution in [3.8, 4) is 0 Å². The zero-order chi connectivity index (χ0) is 9.97. The summed E-state index contributed by atoms with van der Waals surface area (Å²) < 4.78 is 1.22. The minimum atomic E-state index is 0.744. The van der Waals surface area contributed by atoms with E-state index in [9.17, 15) is 0 Å². The number of likely N-dealkylation sites (tertiary alicyclic amines) is 1. The molecule has 0 radical (unpaired) electrons. The number of piperidine rings is 1. The van der Waals surface area contributed by atoms with Gasteiger partial charge in [0, 0.05) is 26.1 Å². The maximum Gasteiger partial charge on any atom is 0.0328 e. The van der Waals surface area contributed by atoms with E-state index in [1.165, 1.54) is 35.3 Å². The molecule has 1 aromatic heterocycles. The zero-order valence-corrected chi connectivity index (χ0v) is 11.9. The number of nitrogens with zero attached hydrogens (tertiary/aromatic N) is 1. The van der Waals surface area contributed by atoms with Crippen LogP contribution >= 0.6 is 43.2 Å². The lowest BCUT2D eigenvalue weighted by Crippen LogP contribution is -2.33. The Morgan fingerprint density at radius 3 is 2.71 bits per heavy atom. The summed E-state index contributed by atoms with van der Waals surface area (Å²) in [5.74, 6) is 0. The Morgan fingerprint density at radius 1 is 1.43 bits per heavy atom. The first kappa shape index (κ1) is 11.1. The van der Waals surface area contributed by atoms with E-state index in [-0.39, 0.29) is 0 Å². The first-order valence-electron chi connectivity index (χ1n) is 4.83. The smallest absolute Gasteiger partial charge is 0.0328 e. The summed E-state index contributed by atoms with van der Waals surface area (Å²) in [5, 5.41) is 2.16. The molecule has 0 bridgehead atoms.